The number of hydrogen-bond donors (Lipinski definition) is 0. The first-order chi connectivity index (χ1) is 8.42. The highest BCUT2D eigenvalue weighted by Gasteiger charge is 2.13. The maximum absolute atomic E-state index is 5.35. The molecule has 0 aliphatic rings. The molecule has 86 valence electrons. The third kappa shape index (κ3) is 3.32. The smallest absolute Gasteiger partial charge is 0.236 e. The molecule has 0 atom stereocenters. The van der Waals surface area contributed by atoms with Crippen molar-refractivity contribution < 1.29 is 4.74 Å². The molecule has 1 nitrogen and oxygen atoms in total. The van der Waals surface area contributed by atoms with Gasteiger partial charge >= 0.3 is 0 Å². The summed E-state index contributed by atoms with van der Waals surface area (Å²) in [6.07, 6.45) is 0. The summed E-state index contributed by atoms with van der Waals surface area (Å²) in [5, 5.41) is 0. The van der Waals surface area contributed by atoms with Crippen LogP contribution >= 0.6 is 11.6 Å². The van der Waals surface area contributed by atoms with Crippen molar-refractivity contribution >= 4 is 11.6 Å². The number of ether oxygens (including phenoxy) is 1. The third-order valence-electron chi connectivity index (χ3n) is 2.71. The predicted molar refractivity (Wildman–Crippen MR) is 69.8 cm³/mol. The van der Waals surface area contributed by atoms with Crippen molar-refractivity contribution in [1.29, 1.82) is 0 Å². The van der Waals surface area contributed by atoms with E-state index in [1.807, 2.05) is 36.4 Å². The highest BCUT2D eigenvalue weighted by atomic mass is 35.5. The van der Waals surface area contributed by atoms with Crippen LogP contribution in [-0.2, 0) is 4.74 Å². The van der Waals surface area contributed by atoms with Crippen LogP contribution in [0.2, 0.25) is 0 Å². The van der Waals surface area contributed by atoms with Gasteiger partial charge in [-0.1, -0.05) is 72.3 Å². The van der Waals surface area contributed by atoms with E-state index >= 15 is 0 Å². The molecule has 0 saturated heterocycles. The Labute approximate surface area is 107 Å². The van der Waals surface area contributed by atoms with Gasteiger partial charge in [0.1, 0.15) is 0 Å². The molecule has 0 aromatic heterocycles. The fraction of sp³-hybridized carbons (Fsp3) is 0.133. The molecule has 2 aromatic rings. The van der Waals surface area contributed by atoms with Crippen LogP contribution in [0.4, 0.5) is 0 Å². The molecule has 0 unspecified atom stereocenters. The van der Waals surface area contributed by atoms with Crippen LogP contribution in [0.5, 0.6) is 0 Å². The van der Waals surface area contributed by atoms with Gasteiger partial charge in [-0.15, -0.1) is 0 Å². The van der Waals surface area contributed by atoms with Gasteiger partial charge in [0, 0.05) is 5.92 Å². The lowest BCUT2D eigenvalue weighted by Crippen LogP contribution is -2.07. The van der Waals surface area contributed by atoms with Gasteiger partial charge in [-0.25, -0.2) is 0 Å². The van der Waals surface area contributed by atoms with Crippen molar-refractivity contribution in [3.05, 3.63) is 77.9 Å². The average Bonchev–Trinajstić information content (AvgIpc) is 2.42. The molecule has 17 heavy (non-hydrogen) atoms. The molecule has 0 fully saturated rings. The summed E-state index contributed by atoms with van der Waals surface area (Å²) in [4.78, 5) is 0. The van der Waals surface area contributed by atoms with Gasteiger partial charge in [-0.05, 0) is 11.1 Å². The van der Waals surface area contributed by atoms with E-state index in [2.05, 4.69) is 30.3 Å². The Morgan fingerprint density at radius 1 is 0.882 bits per heavy atom. The normalized spacial score (nSPS) is 10.7. The van der Waals surface area contributed by atoms with Crippen molar-refractivity contribution in [3.63, 3.8) is 0 Å². The first kappa shape index (κ1) is 12.2. The Morgan fingerprint density at radius 3 is 1.76 bits per heavy atom. The summed E-state index contributed by atoms with van der Waals surface area (Å²) < 4.78 is 5.12. The van der Waals surface area contributed by atoms with Gasteiger partial charge in [-0.2, -0.15) is 0 Å². The summed E-state index contributed by atoms with van der Waals surface area (Å²) in [5.41, 5.74) is 2.43. The monoisotopic (exact) mass is 244 g/mol. The van der Waals surface area contributed by atoms with E-state index in [0.717, 1.165) is 0 Å². The lowest BCUT2D eigenvalue weighted by molar-refractivity contribution is 0.217. The Bertz CT molecular complexity index is 388. The van der Waals surface area contributed by atoms with Crippen LogP contribution in [0.15, 0.2) is 60.7 Å². The van der Waals surface area contributed by atoms with Gasteiger partial charge in [0.15, 0.2) is 0 Å². The zero-order valence-corrected chi connectivity index (χ0v) is 10.1. The zero-order valence-electron chi connectivity index (χ0n) is 9.34. The minimum Gasteiger partial charge on any atom is -0.351 e. The van der Waals surface area contributed by atoms with E-state index in [4.69, 9.17) is 16.3 Å². The summed E-state index contributed by atoms with van der Waals surface area (Å²) in [6.45, 7) is 0.498. The van der Waals surface area contributed by atoms with E-state index < -0.39 is 0 Å². The van der Waals surface area contributed by atoms with Crippen molar-refractivity contribution in [3.8, 4) is 0 Å². The molecule has 2 rings (SSSR count). The molecule has 0 amide bonds. The summed E-state index contributed by atoms with van der Waals surface area (Å²) in [6, 6.07) is 22.7. The number of benzene rings is 2. The standard InChI is InChI=1S/C15H13ClO/c16-12-17-11-15(13-7-3-1-4-8-13)14-9-5-2-6-10-14/h1-10,15H,11H2. The van der Waals surface area contributed by atoms with Gasteiger partial charge < -0.3 is 4.74 Å². The average molecular weight is 245 g/mol. The fourth-order valence-corrected chi connectivity index (χ4v) is 1.93. The van der Waals surface area contributed by atoms with Crippen LogP contribution in [0, 0.1) is 6.07 Å². The number of rotatable bonds is 5. The largest absolute Gasteiger partial charge is 0.351 e. The van der Waals surface area contributed by atoms with Crippen molar-refractivity contribution in [2.75, 3.05) is 6.61 Å². The van der Waals surface area contributed by atoms with Crippen molar-refractivity contribution in [1.82, 2.24) is 0 Å². The lowest BCUT2D eigenvalue weighted by Gasteiger charge is -2.17. The highest BCUT2D eigenvalue weighted by molar-refractivity contribution is 6.22. The van der Waals surface area contributed by atoms with Crippen LogP contribution in [0.25, 0.3) is 0 Å². The van der Waals surface area contributed by atoms with Crippen molar-refractivity contribution in [2.24, 2.45) is 0 Å². The van der Waals surface area contributed by atoms with E-state index in [9.17, 15) is 0 Å². The number of hydrogen-bond acceptors (Lipinski definition) is 1. The third-order valence-corrected chi connectivity index (χ3v) is 2.82. The second kappa shape index (κ2) is 6.43. The maximum Gasteiger partial charge on any atom is 0.236 e. The topological polar surface area (TPSA) is 9.23 Å². The van der Waals surface area contributed by atoms with Crippen LogP contribution < -0.4 is 0 Å². The quantitative estimate of drug-likeness (QED) is 0.770. The first-order valence-corrected chi connectivity index (χ1v) is 5.87. The predicted octanol–water partition coefficient (Wildman–Crippen LogP) is 4.07. The molecular formula is C15H13ClO. The highest BCUT2D eigenvalue weighted by Crippen LogP contribution is 2.25. The molecule has 2 radical (unpaired) electrons. The molecule has 0 saturated carbocycles. The van der Waals surface area contributed by atoms with E-state index in [-0.39, 0.29) is 5.92 Å². The maximum atomic E-state index is 5.35. The molecule has 0 spiro atoms. The van der Waals surface area contributed by atoms with E-state index in [1.165, 1.54) is 11.1 Å². The Balaban J connectivity index is 2.26. The minimum atomic E-state index is 0.184. The summed E-state index contributed by atoms with van der Waals surface area (Å²) >= 11 is 5.35. The Morgan fingerprint density at radius 2 is 1.35 bits per heavy atom. The van der Waals surface area contributed by atoms with E-state index in [0.29, 0.717) is 6.61 Å². The molecule has 0 N–H and O–H groups in total. The summed E-state index contributed by atoms with van der Waals surface area (Å²) in [5.74, 6) is 0.184. The van der Waals surface area contributed by atoms with Gasteiger partial charge in [-0.3, -0.25) is 0 Å². The second-order valence-electron chi connectivity index (χ2n) is 3.76. The molecule has 0 heterocycles. The van der Waals surface area contributed by atoms with Gasteiger partial charge in [0.2, 0.25) is 6.07 Å². The minimum absolute atomic E-state index is 0.184. The molecule has 0 aliphatic heterocycles. The molecule has 2 heteroatoms. The SMILES string of the molecule is Cl[C]OCC(c1ccccc1)c1ccccc1. The summed E-state index contributed by atoms with van der Waals surface area (Å²) in [7, 11) is 0. The van der Waals surface area contributed by atoms with Crippen LogP contribution in [-0.4, -0.2) is 6.61 Å². The fourth-order valence-electron chi connectivity index (χ4n) is 1.87. The van der Waals surface area contributed by atoms with Crippen molar-refractivity contribution in [2.45, 2.75) is 5.92 Å². The number of halogens is 1. The Kier molecular flexibility index (Phi) is 4.60. The van der Waals surface area contributed by atoms with Crippen LogP contribution in [0.3, 0.4) is 0 Å². The molecule has 2 aromatic carbocycles. The zero-order chi connectivity index (χ0) is 11.9. The van der Waals surface area contributed by atoms with Crippen LogP contribution in [0.1, 0.15) is 17.0 Å². The molecule has 0 aliphatic carbocycles. The van der Waals surface area contributed by atoms with Gasteiger partial charge in [0.05, 0.1) is 6.61 Å². The molecule has 0 bridgehead atoms. The first-order valence-electron chi connectivity index (χ1n) is 5.49. The Hall–Kier alpha value is -1.31. The van der Waals surface area contributed by atoms with Gasteiger partial charge in [0.25, 0.3) is 0 Å². The second-order valence-corrected chi connectivity index (χ2v) is 3.92. The van der Waals surface area contributed by atoms with E-state index in [1.54, 1.807) is 0 Å². The lowest BCUT2D eigenvalue weighted by atomic mass is 9.92. The molecular weight excluding hydrogens is 232 g/mol.